The zero-order valence-corrected chi connectivity index (χ0v) is 26.8. The maximum absolute atomic E-state index is 14.9. The Morgan fingerprint density at radius 3 is 2.39 bits per heavy atom. The largest absolute Gasteiger partial charge is 0.399 e. The van der Waals surface area contributed by atoms with Crippen molar-refractivity contribution in [3.05, 3.63) is 23.8 Å². The molecule has 0 aromatic heterocycles. The molecule has 0 bridgehead atoms. The van der Waals surface area contributed by atoms with Crippen molar-refractivity contribution in [3.63, 3.8) is 0 Å². The van der Waals surface area contributed by atoms with Crippen molar-refractivity contribution < 1.29 is 13.5 Å². The van der Waals surface area contributed by atoms with Crippen LogP contribution in [0.2, 0.25) is 0 Å². The molecular formula is C36H58F2N2O. The van der Waals surface area contributed by atoms with Crippen LogP contribution < -0.4 is 11.5 Å². The van der Waals surface area contributed by atoms with Crippen molar-refractivity contribution in [2.45, 2.75) is 125 Å². The molecule has 2 unspecified atom stereocenters. The van der Waals surface area contributed by atoms with Crippen molar-refractivity contribution in [1.82, 2.24) is 0 Å². The molecule has 1 aromatic rings. The van der Waals surface area contributed by atoms with Gasteiger partial charge in [-0.3, -0.25) is 0 Å². The lowest BCUT2D eigenvalue weighted by atomic mass is 9.44. The molecular weight excluding hydrogens is 514 g/mol. The van der Waals surface area contributed by atoms with E-state index in [9.17, 15) is 8.78 Å². The van der Waals surface area contributed by atoms with Crippen LogP contribution in [0.5, 0.6) is 0 Å². The number of alkyl halides is 2. The summed E-state index contributed by atoms with van der Waals surface area (Å²) in [6.45, 7) is 14.3. The highest BCUT2D eigenvalue weighted by Gasteiger charge is 2.60. The Morgan fingerprint density at radius 2 is 1.66 bits per heavy atom. The van der Waals surface area contributed by atoms with Gasteiger partial charge in [0.2, 0.25) is 0 Å². The molecule has 4 fully saturated rings. The molecule has 0 heterocycles. The van der Waals surface area contributed by atoms with Crippen LogP contribution in [0.1, 0.15) is 124 Å². The summed E-state index contributed by atoms with van der Waals surface area (Å²) in [7, 11) is 0. The summed E-state index contributed by atoms with van der Waals surface area (Å²) >= 11 is 0. The Balaban J connectivity index is 1.17. The van der Waals surface area contributed by atoms with E-state index in [-0.39, 0.29) is 29.2 Å². The first kappa shape index (κ1) is 31.1. The number of halogens is 2. The van der Waals surface area contributed by atoms with Crippen LogP contribution in [0.4, 0.5) is 20.2 Å². The van der Waals surface area contributed by atoms with Crippen molar-refractivity contribution in [1.29, 1.82) is 0 Å². The fraction of sp³-hybridized carbons (Fsp3) is 0.833. The molecule has 41 heavy (non-hydrogen) atoms. The molecule has 0 amide bonds. The first-order valence-electron chi connectivity index (χ1n) is 16.9. The summed E-state index contributed by atoms with van der Waals surface area (Å²) in [6.07, 6.45) is 13.2. The average molecular weight is 573 g/mol. The topological polar surface area (TPSA) is 61.3 Å². The average Bonchev–Trinajstić information content (AvgIpc) is 3.27. The highest BCUT2D eigenvalue weighted by atomic mass is 19.3. The summed E-state index contributed by atoms with van der Waals surface area (Å²) in [5.74, 6) is 5.21. The molecule has 0 saturated heterocycles. The minimum absolute atomic E-state index is 0.00968. The predicted octanol–water partition coefficient (Wildman–Crippen LogP) is 10.0. The van der Waals surface area contributed by atoms with Gasteiger partial charge >= 0.3 is 6.11 Å². The number of benzene rings is 1. The lowest BCUT2D eigenvalue weighted by Crippen LogP contribution is -2.53. The van der Waals surface area contributed by atoms with Gasteiger partial charge in [-0.1, -0.05) is 54.4 Å². The molecule has 0 aliphatic heterocycles. The quantitative estimate of drug-likeness (QED) is 0.289. The Labute approximate surface area is 248 Å². The van der Waals surface area contributed by atoms with Crippen LogP contribution in [0.25, 0.3) is 0 Å². The monoisotopic (exact) mass is 572 g/mol. The van der Waals surface area contributed by atoms with Crippen LogP contribution in [-0.2, 0) is 10.8 Å². The number of hydrogen-bond acceptors (Lipinski definition) is 3. The third kappa shape index (κ3) is 5.67. The van der Waals surface area contributed by atoms with E-state index in [4.69, 9.17) is 16.2 Å². The second-order valence-electron chi connectivity index (χ2n) is 16.2. The Morgan fingerprint density at radius 1 is 0.927 bits per heavy atom. The Kier molecular flexibility index (Phi) is 8.56. The van der Waals surface area contributed by atoms with Gasteiger partial charge in [-0.2, -0.15) is 8.78 Å². The van der Waals surface area contributed by atoms with Gasteiger partial charge in [0.25, 0.3) is 0 Å². The number of anilines is 2. The van der Waals surface area contributed by atoms with Crippen molar-refractivity contribution in [2.75, 3.05) is 18.1 Å². The Hall–Kier alpha value is -1.36. The van der Waals surface area contributed by atoms with Gasteiger partial charge in [0, 0.05) is 11.4 Å². The summed E-state index contributed by atoms with van der Waals surface area (Å²) < 4.78 is 35.0. The van der Waals surface area contributed by atoms with Crippen molar-refractivity contribution >= 4 is 11.4 Å². The van der Waals surface area contributed by atoms with E-state index >= 15 is 0 Å². The minimum atomic E-state index is -3.43. The summed E-state index contributed by atoms with van der Waals surface area (Å²) in [6, 6.07) is 4.08. The number of rotatable bonds is 9. The number of nitrogen functional groups attached to an aromatic ring is 2. The van der Waals surface area contributed by atoms with Gasteiger partial charge in [-0.25, -0.2) is 0 Å². The zero-order valence-electron chi connectivity index (χ0n) is 26.8. The third-order valence-corrected chi connectivity index (χ3v) is 13.8. The predicted molar refractivity (Wildman–Crippen MR) is 166 cm³/mol. The van der Waals surface area contributed by atoms with Gasteiger partial charge in [-0.15, -0.1) is 0 Å². The van der Waals surface area contributed by atoms with E-state index in [0.29, 0.717) is 22.4 Å². The Bertz CT molecular complexity index is 1070. The second-order valence-corrected chi connectivity index (χ2v) is 16.2. The van der Waals surface area contributed by atoms with Gasteiger partial charge in [0.1, 0.15) is 0 Å². The van der Waals surface area contributed by atoms with Crippen LogP contribution in [0.15, 0.2) is 18.2 Å². The molecule has 3 nitrogen and oxygen atoms in total. The summed E-state index contributed by atoms with van der Waals surface area (Å²) in [5.41, 5.74) is 12.5. The lowest BCUT2D eigenvalue weighted by Gasteiger charge is -2.61. The summed E-state index contributed by atoms with van der Waals surface area (Å²) in [5, 5.41) is 0. The normalized spacial score (nSPS) is 37.1. The lowest BCUT2D eigenvalue weighted by molar-refractivity contribution is -0.257. The molecule has 232 valence electrons. The molecule has 4 saturated carbocycles. The number of nitrogens with two attached hydrogens (primary N) is 2. The highest BCUT2D eigenvalue weighted by molar-refractivity contribution is 5.57. The number of hydrogen-bond donors (Lipinski definition) is 2. The molecule has 4 aliphatic rings. The molecule has 4 aliphatic carbocycles. The molecule has 5 heteroatoms. The van der Waals surface area contributed by atoms with Crippen LogP contribution in [0.3, 0.4) is 0 Å². The number of ether oxygens (including phenoxy) is 1. The van der Waals surface area contributed by atoms with E-state index in [2.05, 4.69) is 34.6 Å². The molecule has 4 N–H and O–H groups in total. The fourth-order valence-corrected chi connectivity index (χ4v) is 10.7. The third-order valence-electron chi connectivity index (χ3n) is 13.8. The minimum Gasteiger partial charge on any atom is -0.399 e. The molecule has 9 atom stereocenters. The van der Waals surface area contributed by atoms with Crippen molar-refractivity contribution in [2.24, 2.45) is 57.7 Å². The van der Waals surface area contributed by atoms with E-state index in [1.165, 1.54) is 82.4 Å². The van der Waals surface area contributed by atoms with E-state index in [1.807, 2.05) is 6.92 Å². The standard InChI is InChI=1S/C36H58F2N2O/c1-23(16-19-33(3,4)24(2)22-41-36(37,38)31-13-11-26(39)21-32(31)40)28-14-15-29-27-12-10-25-9-7-8-18-34(25,5)30(27)17-20-35(28,29)6/h11,13,21,23-25,27-30H,7-10,12,14-20,22,39-40H2,1-6H3/t23-,24?,25?,27+,28-,29+,30+,34+,35-/m1/s1. The first-order valence-corrected chi connectivity index (χ1v) is 16.9. The molecule has 1 aromatic carbocycles. The number of fused-ring (bicyclic) bond motifs is 5. The molecule has 0 spiro atoms. The van der Waals surface area contributed by atoms with Crippen LogP contribution >= 0.6 is 0 Å². The molecule has 5 rings (SSSR count). The zero-order chi connectivity index (χ0) is 29.8. The van der Waals surface area contributed by atoms with Gasteiger partial charge < -0.3 is 16.2 Å². The molecule has 0 radical (unpaired) electrons. The highest BCUT2D eigenvalue weighted by Crippen LogP contribution is 2.68. The SMILES string of the molecule is CC(COC(F)(F)c1ccc(N)cc1N)C(C)(C)CC[C@@H](C)[C@H]1CC[C@H]2[C@@H]3CCC4CCCC[C@]4(C)[C@H]3CC[C@]12C. The van der Waals surface area contributed by atoms with E-state index in [0.717, 1.165) is 42.4 Å². The maximum Gasteiger partial charge on any atom is 0.385 e. The first-order chi connectivity index (χ1) is 19.2. The van der Waals surface area contributed by atoms with Gasteiger partial charge in [0.15, 0.2) is 0 Å². The smallest absolute Gasteiger partial charge is 0.385 e. The van der Waals surface area contributed by atoms with Crippen LogP contribution in [-0.4, -0.2) is 6.61 Å². The second kappa shape index (κ2) is 11.3. The maximum atomic E-state index is 14.9. The van der Waals surface area contributed by atoms with Gasteiger partial charge in [-0.05, 0) is 140 Å². The van der Waals surface area contributed by atoms with Crippen LogP contribution in [0, 0.1) is 57.7 Å². The summed E-state index contributed by atoms with van der Waals surface area (Å²) in [4.78, 5) is 0. The van der Waals surface area contributed by atoms with Crippen molar-refractivity contribution in [3.8, 4) is 0 Å². The van der Waals surface area contributed by atoms with Gasteiger partial charge in [0.05, 0.1) is 12.2 Å². The van der Waals surface area contributed by atoms with E-state index < -0.39 is 6.11 Å². The van der Waals surface area contributed by atoms with E-state index in [1.54, 1.807) is 0 Å². The fourth-order valence-electron chi connectivity index (χ4n) is 10.7.